The molecule has 0 aliphatic rings. The van der Waals surface area contributed by atoms with Crippen LogP contribution in [0.25, 0.3) is 0 Å². The average molecular weight is 265 g/mol. The van der Waals surface area contributed by atoms with Gasteiger partial charge in [0.2, 0.25) is 0 Å². The zero-order valence-electron chi connectivity index (χ0n) is 11.7. The van der Waals surface area contributed by atoms with Gasteiger partial charge in [-0.3, -0.25) is 0 Å². The Balaban J connectivity index is 2.33. The van der Waals surface area contributed by atoms with Gasteiger partial charge in [0.1, 0.15) is 5.69 Å². The summed E-state index contributed by atoms with van der Waals surface area (Å²) < 4.78 is 0. The lowest BCUT2D eigenvalue weighted by Crippen LogP contribution is -2.32. The van der Waals surface area contributed by atoms with Gasteiger partial charge in [0, 0.05) is 19.6 Å². The van der Waals surface area contributed by atoms with Crippen LogP contribution < -0.4 is 5.32 Å². The fourth-order valence-corrected chi connectivity index (χ4v) is 1.90. The lowest BCUT2D eigenvalue weighted by Gasteiger charge is -2.19. The number of carboxylic acids is 1. The summed E-state index contributed by atoms with van der Waals surface area (Å²) >= 11 is 0. The van der Waals surface area contributed by atoms with E-state index >= 15 is 0 Å². The summed E-state index contributed by atoms with van der Waals surface area (Å²) in [6, 6.07) is 5.07. The van der Waals surface area contributed by atoms with Crippen molar-refractivity contribution in [3.05, 3.63) is 29.6 Å². The molecule has 0 amide bonds. The minimum absolute atomic E-state index is 0.0977. The molecule has 0 atom stereocenters. The summed E-state index contributed by atoms with van der Waals surface area (Å²) in [6.45, 7) is 9.00. The monoisotopic (exact) mass is 265 g/mol. The van der Waals surface area contributed by atoms with Crippen molar-refractivity contribution in [3.63, 3.8) is 0 Å². The Morgan fingerprint density at radius 2 is 2.16 bits per heavy atom. The first-order valence-electron chi connectivity index (χ1n) is 6.79. The predicted molar refractivity (Wildman–Crippen MR) is 75.3 cm³/mol. The van der Waals surface area contributed by atoms with Gasteiger partial charge in [-0.15, -0.1) is 0 Å². The van der Waals surface area contributed by atoms with Crippen LogP contribution in [0.2, 0.25) is 0 Å². The summed E-state index contributed by atoms with van der Waals surface area (Å²) in [6.07, 6.45) is 1.16. The van der Waals surface area contributed by atoms with Crippen LogP contribution in [0.15, 0.2) is 18.2 Å². The van der Waals surface area contributed by atoms with Crippen LogP contribution in [0.4, 0.5) is 0 Å². The number of rotatable bonds is 9. The molecular weight excluding hydrogens is 242 g/mol. The van der Waals surface area contributed by atoms with E-state index in [4.69, 9.17) is 5.11 Å². The molecule has 19 heavy (non-hydrogen) atoms. The van der Waals surface area contributed by atoms with Crippen molar-refractivity contribution in [2.75, 3.05) is 26.2 Å². The predicted octanol–water partition coefficient (Wildman–Crippen LogP) is 1.60. The van der Waals surface area contributed by atoms with E-state index in [-0.39, 0.29) is 5.69 Å². The first-order valence-corrected chi connectivity index (χ1v) is 6.79. The Morgan fingerprint density at radius 1 is 1.37 bits per heavy atom. The molecule has 0 aliphatic heterocycles. The van der Waals surface area contributed by atoms with Crippen molar-refractivity contribution in [3.8, 4) is 0 Å². The van der Waals surface area contributed by atoms with E-state index in [0.29, 0.717) is 6.54 Å². The first kappa shape index (κ1) is 15.6. The van der Waals surface area contributed by atoms with E-state index in [1.54, 1.807) is 6.07 Å². The highest BCUT2D eigenvalue weighted by Crippen LogP contribution is 1.99. The third kappa shape index (κ3) is 5.81. The second-order valence-electron chi connectivity index (χ2n) is 4.43. The third-order valence-corrected chi connectivity index (χ3v) is 2.92. The fraction of sp³-hybridized carbons (Fsp3) is 0.571. The number of nitrogens with one attached hydrogen (secondary N) is 1. The maximum absolute atomic E-state index is 10.8. The molecule has 5 nitrogen and oxygen atoms in total. The fourth-order valence-electron chi connectivity index (χ4n) is 1.90. The molecule has 5 heteroatoms. The van der Waals surface area contributed by atoms with Crippen molar-refractivity contribution in [1.29, 1.82) is 0 Å². The van der Waals surface area contributed by atoms with Crippen molar-refractivity contribution in [1.82, 2.24) is 15.2 Å². The maximum atomic E-state index is 10.8. The number of aromatic carboxylic acids is 1. The number of hydrogen-bond donors (Lipinski definition) is 2. The molecule has 0 unspecified atom stereocenters. The van der Waals surface area contributed by atoms with Gasteiger partial charge in [0.15, 0.2) is 0 Å². The lowest BCUT2D eigenvalue weighted by atomic mass is 10.3. The molecule has 0 spiro atoms. The Morgan fingerprint density at radius 3 is 2.79 bits per heavy atom. The van der Waals surface area contributed by atoms with Crippen LogP contribution in [0.3, 0.4) is 0 Å². The Hall–Kier alpha value is -1.46. The lowest BCUT2D eigenvalue weighted by molar-refractivity contribution is 0.0690. The van der Waals surface area contributed by atoms with Gasteiger partial charge in [-0.05, 0) is 31.6 Å². The van der Waals surface area contributed by atoms with Crippen LogP contribution in [0.1, 0.15) is 36.5 Å². The van der Waals surface area contributed by atoms with Gasteiger partial charge < -0.3 is 15.3 Å². The molecule has 0 saturated carbocycles. The normalized spacial score (nSPS) is 10.9. The highest BCUT2D eigenvalue weighted by Gasteiger charge is 2.05. The van der Waals surface area contributed by atoms with E-state index in [1.165, 1.54) is 6.07 Å². The van der Waals surface area contributed by atoms with Crippen molar-refractivity contribution >= 4 is 5.97 Å². The number of pyridine rings is 1. The van der Waals surface area contributed by atoms with Gasteiger partial charge >= 0.3 is 5.97 Å². The number of carboxylic acid groups (broad SMARTS) is 1. The first-order chi connectivity index (χ1) is 9.17. The van der Waals surface area contributed by atoms with E-state index in [2.05, 4.69) is 29.0 Å². The zero-order valence-corrected chi connectivity index (χ0v) is 11.7. The molecule has 1 heterocycles. The quantitative estimate of drug-likeness (QED) is 0.664. The second-order valence-corrected chi connectivity index (χ2v) is 4.43. The minimum Gasteiger partial charge on any atom is -0.477 e. The van der Waals surface area contributed by atoms with Crippen LogP contribution >= 0.6 is 0 Å². The molecule has 0 fully saturated rings. The highest BCUT2D eigenvalue weighted by molar-refractivity contribution is 5.85. The Labute approximate surface area is 114 Å². The summed E-state index contributed by atoms with van der Waals surface area (Å²) in [7, 11) is 0. The van der Waals surface area contributed by atoms with Crippen LogP contribution in [0.5, 0.6) is 0 Å². The molecule has 1 rings (SSSR count). The molecule has 1 aromatic rings. The van der Waals surface area contributed by atoms with Gasteiger partial charge in [0.05, 0.1) is 5.69 Å². The van der Waals surface area contributed by atoms with Gasteiger partial charge in [-0.25, -0.2) is 9.78 Å². The highest BCUT2D eigenvalue weighted by atomic mass is 16.4. The summed E-state index contributed by atoms with van der Waals surface area (Å²) in [5.41, 5.74) is 0.860. The number of carbonyl (C=O) groups is 1. The van der Waals surface area contributed by atoms with E-state index in [9.17, 15) is 4.79 Å². The van der Waals surface area contributed by atoms with E-state index in [0.717, 1.165) is 38.3 Å². The maximum Gasteiger partial charge on any atom is 0.354 e. The molecule has 0 radical (unpaired) electrons. The van der Waals surface area contributed by atoms with Crippen LogP contribution in [-0.4, -0.2) is 47.1 Å². The molecule has 2 N–H and O–H groups in total. The molecular formula is C14H23N3O2. The summed E-state index contributed by atoms with van der Waals surface area (Å²) in [4.78, 5) is 17.2. The topological polar surface area (TPSA) is 65.5 Å². The summed E-state index contributed by atoms with van der Waals surface area (Å²) in [5.74, 6) is -0.984. The SMILES string of the molecule is CCCN(CC)CCNCc1cccc(C(=O)O)n1. The summed E-state index contributed by atoms with van der Waals surface area (Å²) in [5, 5.41) is 12.1. The molecule has 0 aliphatic carbocycles. The van der Waals surface area contributed by atoms with E-state index in [1.807, 2.05) is 6.07 Å². The minimum atomic E-state index is -0.984. The smallest absolute Gasteiger partial charge is 0.354 e. The van der Waals surface area contributed by atoms with Crippen LogP contribution in [0, 0.1) is 0 Å². The Kier molecular flexibility index (Phi) is 7.07. The molecule has 0 aromatic carbocycles. The van der Waals surface area contributed by atoms with Crippen molar-refractivity contribution < 1.29 is 9.90 Å². The number of hydrogen-bond acceptors (Lipinski definition) is 4. The second kappa shape index (κ2) is 8.61. The van der Waals surface area contributed by atoms with Gasteiger partial charge in [0.25, 0.3) is 0 Å². The standard InChI is InChI=1S/C14H23N3O2/c1-3-9-17(4-2)10-8-15-11-12-6-5-7-13(16-12)14(18)19/h5-7,15H,3-4,8-11H2,1-2H3,(H,18,19). The number of aromatic nitrogens is 1. The van der Waals surface area contributed by atoms with E-state index < -0.39 is 5.97 Å². The number of nitrogens with zero attached hydrogens (tertiary/aromatic N) is 2. The molecule has 1 aromatic heterocycles. The van der Waals surface area contributed by atoms with Crippen molar-refractivity contribution in [2.24, 2.45) is 0 Å². The Bertz CT molecular complexity index is 396. The molecule has 106 valence electrons. The molecule has 0 bridgehead atoms. The van der Waals surface area contributed by atoms with Crippen molar-refractivity contribution in [2.45, 2.75) is 26.8 Å². The number of likely N-dealkylation sites (N-methyl/N-ethyl adjacent to an activating group) is 1. The van der Waals surface area contributed by atoms with Crippen LogP contribution in [-0.2, 0) is 6.54 Å². The average Bonchev–Trinajstić information content (AvgIpc) is 2.42. The third-order valence-electron chi connectivity index (χ3n) is 2.92. The van der Waals surface area contributed by atoms with Gasteiger partial charge in [-0.2, -0.15) is 0 Å². The largest absolute Gasteiger partial charge is 0.477 e. The molecule has 0 saturated heterocycles. The van der Waals surface area contributed by atoms with Gasteiger partial charge in [-0.1, -0.05) is 19.9 Å². The zero-order chi connectivity index (χ0) is 14.1.